The fourth-order valence-electron chi connectivity index (χ4n) is 1.76. The molecule has 0 aromatic heterocycles. The highest BCUT2D eigenvalue weighted by atomic mass is 35.5. The number of hydrogen-bond acceptors (Lipinski definition) is 1. The van der Waals surface area contributed by atoms with Crippen molar-refractivity contribution in [1.82, 2.24) is 0 Å². The van der Waals surface area contributed by atoms with E-state index in [0.717, 1.165) is 12.1 Å². The van der Waals surface area contributed by atoms with Crippen molar-refractivity contribution in [1.29, 1.82) is 0 Å². The van der Waals surface area contributed by atoms with Gasteiger partial charge in [0.05, 0.1) is 11.1 Å². The van der Waals surface area contributed by atoms with Crippen LogP contribution in [0, 0.1) is 0 Å². The van der Waals surface area contributed by atoms with Crippen LogP contribution in [0.2, 0.25) is 0 Å². The lowest BCUT2D eigenvalue weighted by atomic mass is 9.99. The molecule has 1 N–H and O–H groups in total. The van der Waals surface area contributed by atoms with E-state index in [2.05, 4.69) is 0 Å². The molecule has 0 aliphatic carbocycles. The Morgan fingerprint density at radius 3 is 2.00 bits per heavy atom. The van der Waals surface area contributed by atoms with E-state index in [1.165, 1.54) is 18.2 Å². The summed E-state index contributed by atoms with van der Waals surface area (Å²) < 4.78 is 37.3. The van der Waals surface area contributed by atoms with Crippen LogP contribution in [0.25, 0.3) is 11.1 Å². The second-order valence-corrected chi connectivity index (χ2v) is 3.93. The lowest BCUT2D eigenvalue weighted by Gasteiger charge is -2.09. The van der Waals surface area contributed by atoms with Gasteiger partial charge in [-0.1, -0.05) is 30.3 Å². The molecular weight excluding hydrogens is 293 g/mol. The van der Waals surface area contributed by atoms with Gasteiger partial charge in [0.15, 0.2) is 0 Å². The van der Waals surface area contributed by atoms with Crippen LogP contribution >= 0.6 is 0 Å². The van der Waals surface area contributed by atoms with E-state index in [-0.39, 0.29) is 18.0 Å². The molecule has 0 amide bonds. The minimum Gasteiger partial charge on any atom is -1.00 e. The third kappa shape index (κ3) is 3.30. The van der Waals surface area contributed by atoms with Crippen molar-refractivity contribution in [3.05, 3.63) is 59.7 Å². The van der Waals surface area contributed by atoms with Gasteiger partial charge in [-0.05, 0) is 29.3 Å². The SMILES string of the molecule is O=C(O)c1ccccc1-c1ccc(C(F)(F)F)cc1.[Cl-]. The van der Waals surface area contributed by atoms with Crippen LogP contribution < -0.4 is 12.4 Å². The predicted molar refractivity (Wildman–Crippen MR) is 63.8 cm³/mol. The van der Waals surface area contributed by atoms with E-state index in [4.69, 9.17) is 5.11 Å². The molecule has 0 spiro atoms. The van der Waals surface area contributed by atoms with Crippen LogP contribution in [0.1, 0.15) is 15.9 Å². The highest BCUT2D eigenvalue weighted by molar-refractivity contribution is 5.95. The van der Waals surface area contributed by atoms with Gasteiger partial charge >= 0.3 is 12.1 Å². The topological polar surface area (TPSA) is 37.3 Å². The summed E-state index contributed by atoms with van der Waals surface area (Å²) in [5.41, 5.74) is 0.126. The molecule has 0 atom stereocenters. The number of aromatic carboxylic acids is 1. The number of carboxylic acids is 1. The lowest BCUT2D eigenvalue weighted by Crippen LogP contribution is -3.00. The highest BCUT2D eigenvalue weighted by Gasteiger charge is 2.30. The second-order valence-electron chi connectivity index (χ2n) is 3.93. The zero-order valence-corrected chi connectivity index (χ0v) is 10.7. The normalized spacial score (nSPS) is 10.8. The summed E-state index contributed by atoms with van der Waals surface area (Å²) in [5.74, 6) is -1.12. The molecule has 2 nitrogen and oxygen atoms in total. The minimum absolute atomic E-state index is 0. The Kier molecular flexibility index (Phi) is 4.78. The Hall–Kier alpha value is -2.01. The zero-order chi connectivity index (χ0) is 14.0. The van der Waals surface area contributed by atoms with Crippen LogP contribution in [0.4, 0.5) is 13.2 Å². The van der Waals surface area contributed by atoms with E-state index < -0.39 is 17.7 Å². The third-order valence-corrected chi connectivity index (χ3v) is 2.68. The summed E-state index contributed by atoms with van der Waals surface area (Å²) in [5, 5.41) is 9.03. The highest BCUT2D eigenvalue weighted by Crippen LogP contribution is 2.31. The summed E-state index contributed by atoms with van der Waals surface area (Å²) in [6, 6.07) is 10.6. The molecule has 0 heterocycles. The standard InChI is InChI=1S/C14H9F3O2.ClH/c15-14(16,17)10-7-5-9(6-8-10)11-3-1-2-4-12(11)13(18)19;/h1-8H,(H,18,19);1H/p-1. The molecule has 106 valence electrons. The van der Waals surface area contributed by atoms with E-state index in [9.17, 15) is 18.0 Å². The Morgan fingerprint density at radius 1 is 0.950 bits per heavy atom. The van der Waals surface area contributed by atoms with E-state index in [1.54, 1.807) is 18.2 Å². The van der Waals surface area contributed by atoms with Crippen LogP contribution in [0.3, 0.4) is 0 Å². The van der Waals surface area contributed by atoms with Gasteiger partial charge in [-0.15, -0.1) is 0 Å². The monoisotopic (exact) mass is 301 g/mol. The molecule has 2 rings (SSSR count). The maximum atomic E-state index is 12.4. The zero-order valence-electron chi connectivity index (χ0n) is 9.99. The van der Waals surface area contributed by atoms with Crippen molar-refractivity contribution in [3.63, 3.8) is 0 Å². The number of rotatable bonds is 2. The number of carboxylic acid groups (broad SMARTS) is 1. The largest absolute Gasteiger partial charge is 1.00 e. The summed E-state index contributed by atoms with van der Waals surface area (Å²) in [7, 11) is 0. The van der Waals surface area contributed by atoms with Crippen LogP contribution in [0.5, 0.6) is 0 Å². The maximum absolute atomic E-state index is 12.4. The van der Waals surface area contributed by atoms with Crippen LogP contribution in [-0.2, 0) is 6.18 Å². The van der Waals surface area contributed by atoms with Gasteiger partial charge < -0.3 is 17.5 Å². The first kappa shape index (κ1) is 16.0. The smallest absolute Gasteiger partial charge is 0.416 e. The molecule has 0 unspecified atom stereocenters. The number of halogens is 4. The third-order valence-electron chi connectivity index (χ3n) is 2.68. The van der Waals surface area contributed by atoms with Gasteiger partial charge in [0.1, 0.15) is 0 Å². The fourth-order valence-corrected chi connectivity index (χ4v) is 1.76. The number of hydrogen-bond donors (Lipinski definition) is 1. The molecule has 2 aromatic carbocycles. The van der Waals surface area contributed by atoms with Gasteiger partial charge in [-0.3, -0.25) is 0 Å². The molecule has 0 bridgehead atoms. The molecule has 20 heavy (non-hydrogen) atoms. The van der Waals surface area contributed by atoms with Crippen molar-refractivity contribution >= 4 is 5.97 Å². The molecule has 2 aromatic rings. The maximum Gasteiger partial charge on any atom is 0.416 e. The Balaban J connectivity index is 0.00000200. The predicted octanol–water partition coefficient (Wildman–Crippen LogP) is 1.07. The average molecular weight is 302 g/mol. The molecule has 0 saturated heterocycles. The van der Waals surface area contributed by atoms with Gasteiger partial charge in [0.2, 0.25) is 0 Å². The molecule has 0 aliphatic rings. The molecule has 0 fully saturated rings. The van der Waals surface area contributed by atoms with Gasteiger partial charge in [0, 0.05) is 0 Å². The van der Waals surface area contributed by atoms with E-state index >= 15 is 0 Å². The summed E-state index contributed by atoms with van der Waals surface area (Å²) in [4.78, 5) is 11.0. The number of benzene rings is 2. The first-order valence-corrected chi connectivity index (χ1v) is 5.39. The van der Waals surface area contributed by atoms with Gasteiger partial charge in [0.25, 0.3) is 0 Å². The van der Waals surface area contributed by atoms with E-state index in [1.807, 2.05) is 0 Å². The molecular formula is C14H9ClF3O2-. The Labute approximate surface area is 119 Å². The van der Waals surface area contributed by atoms with Gasteiger partial charge in [-0.25, -0.2) is 4.79 Å². The van der Waals surface area contributed by atoms with Crippen LogP contribution in [-0.4, -0.2) is 11.1 Å². The molecule has 0 saturated carbocycles. The molecule has 0 aliphatic heterocycles. The van der Waals surface area contributed by atoms with Crippen molar-refractivity contribution < 1.29 is 35.5 Å². The van der Waals surface area contributed by atoms with Crippen molar-refractivity contribution in [2.24, 2.45) is 0 Å². The van der Waals surface area contributed by atoms with Gasteiger partial charge in [-0.2, -0.15) is 13.2 Å². The Bertz CT molecular complexity index is 607. The minimum atomic E-state index is -4.40. The summed E-state index contributed by atoms with van der Waals surface area (Å²) in [6.45, 7) is 0. The lowest BCUT2D eigenvalue weighted by molar-refractivity contribution is -0.137. The fraction of sp³-hybridized carbons (Fsp3) is 0.0714. The van der Waals surface area contributed by atoms with E-state index in [0.29, 0.717) is 11.1 Å². The summed E-state index contributed by atoms with van der Waals surface area (Å²) >= 11 is 0. The Morgan fingerprint density at radius 2 is 1.50 bits per heavy atom. The molecule has 6 heteroatoms. The number of alkyl halides is 3. The van der Waals surface area contributed by atoms with Crippen molar-refractivity contribution in [2.75, 3.05) is 0 Å². The van der Waals surface area contributed by atoms with Crippen molar-refractivity contribution in [3.8, 4) is 11.1 Å². The quantitative estimate of drug-likeness (QED) is 0.901. The first-order valence-electron chi connectivity index (χ1n) is 5.39. The molecule has 0 radical (unpaired) electrons. The first-order chi connectivity index (χ1) is 8.89. The number of carbonyl (C=O) groups is 1. The second kappa shape index (κ2) is 5.96. The average Bonchev–Trinajstić information content (AvgIpc) is 2.38. The van der Waals surface area contributed by atoms with Crippen molar-refractivity contribution in [2.45, 2.75) is 6.18 Å². The van der Waals surface area contributed by atoms with Crippen LogP contribution in [0.15, 0.2) is 48.5 Å². The summed E-state index contributed by atoms with van der Waals surface area (Å²) in [6.07, 6.45) is -4.40.